The Bertz CT molecular complexity index is 1420. The number of ether oxygens (including phenoxy) is 2. The van der Waals surface area contributed by atoms with Crippen LogP contribution in [0.15, 0.2) is 42.5 Å². The molecule has 3 saturated heterocycles. The largest absolute Gasteiger partial charge is 0.497 e. The second-order valence-electron chi connectivity index (χ2n) is 12.8. The predicted molar refractivity (Wildman–Crippen MR) is 166 cm³/mol. The highest BCUT2D eigenvalue weighted by Crippen LogP contribution is 2.59. The lowest BCUT2D eigenvalue weighted by Crippen LogP contribution is -2.52. The number of likely N-dealkylation sites (tertiary alicyclic amines) is 1. The molecule has 5 atom stereocenters. The van der Waals surface area contributed by atoms with E-state index in [4.69, 9.17) is 9.47 Å². The number of aliphatic hydroxyl groups is 1. The number of rotatable bonds is 7. The van der Waals surface area contributed by atoms with Crippen molar-refractivity contribution in [3.63, 3.8) is 0 Å². The fourth-order valence-corrected chi connectivity index (χ4v) is 12.0. The van der Waals surface area contributed by atoms with E-state index in [0.29, 0.717) is 25.3 Å². The topological polar surface area (TPSA) is 120 Å². The van der Waals surface area contributed by atoms with Gasteiger partial charge in [-0.25, -0.2) is 0 Å². The fraction of sp³-hybridized carbons (Fsp3) is 0.531. The van der Waals surface area contributed by atoms with Crippen LogP contribution in [-0.4, -0.2) is 87.8 Å². The van der Waals surface area contributed by atoms with E-state index >= 15 is 0 Å². The molecule has 4 heterocycles. The maximum absolute atomic E-state index is 14.0. The number of carbonyl (C=O) groups excluding carboxylic acids is 3. The molecule has 6 rings (SSSR count). The third-order valence-corrected chi connectivity index (χ3v) is 14.6. The quantitative estimate of drug-likeness (QED) is 0.414. The number of nitrogens with zero attached hydrogens (tertiary/aromatic N) is 2. The zero-order valence-corrected chi connectivity index (χ0v) is 26.4. The van der Waals surface area contributed by atoms with E-state index in [1.165, 1.54) is 5.19 Å². The summed E-state index contributed by atoms with van der Waals surface area (Å²) in [6, 6.07) is 13.6. The van der Waals surface area contributed by atoms with Gasteiger partial charge in [-0.05, 0) is 48.7 Å². The molecular formula is C32H42N4O6Si. The summed E-state index contributed by atoms with van der Waals surface area (Å²) in [5, 5.41) is 17.3. The molecule has 0 bridgehead atoms. The van der Waals surface area contributed by atoms with E-state index < -0.39 is 19.8 Å². The van der Waals surface area contributed by atoms with Gasteiger partial charge in [0.2, 0.25) is 11.8 Å². The summed E-state index contributed by atoms with van der Waals surface area (Å²) in [5.74, 6) is 0.227. The summed E-state index contributed by atoms with van der Waals surface area (Å²) >= 11 is 0. The maximum atomic E-state index is 14.0. The third-order valence-electron chi connectivity index (χ3n) is 10.3. The fourth-order valence-electron chi connectivity index (χ4n) is 8.01. The van der Waals surface area contributed by atoms with Crippen molar-refractivity contribution in [2.45, 2.75) is 62.6 Å². The molecule has 3 N–H and O–H groups in total. The van der Waals surface area contributed by atoms with E-state index in [9.17, 15) is 19.5 Å². The van der Waals surface area contributed by atoms with E-state index in [1.807, 2.05) is 30.3 Å². The normalized spacial score (nSPS) is 28.9. The van der Waals surface area contributed by atoms with Crippen LogP contribution < -0.4 is 25.5 Å². The second-order valence-corrected chi connectivity index (χ2v) is 17.5. The van der Waals surface area contributed by atoms with Gasteiger partial charge in [-0.3, -0.25) is 14.4 Å². The molecule has 0 unspecified atom stereocenters. The molecule has 0 radical (unpaired) electrons. The molecule has 4 aliphatic heterocycles. The van der Waals surface area contributed by atoms with Crippen molar-refractivity contribution in [1.29, 1.82) is 0 Å². The highest BCUT2D eigenvalue weighted by atomic mass is 28.3. The minimum atomic E-state index is -2.39. The van der Waals surface area contributed by atoms with Gasteiger partial charge in [0.1, 0.15) is 5.75 Å². The van der Waals surface area contributed by atoms with Crippen LogP contribution in [0.3, 0.4) is 0 Å². The summed E-state index contributed by atoms with van der Waals surface area (Å²) in [6.45, 7) is 8.71. The minimum Gasteiger partial charge on any atom is -0.497 e. The Balaban J connectivity index is 1.42. The Hall–Kier alpha value is -3.25. The van der Waals surface area contributed by atoms with Gasteiger partial charge in [0.05, 0.1) is 46.9 Å². The second kappa shape index (κ2) is 11.3. The standard InChI is InChI=1S/C32H42N4O6Si/c1-20-30(43(3,4)24-10-8-23(41-2)9-11-24)27(17-28(38)35-14-5-6-22(35)19-37)42-32(20)25-16-21(7-12-26(25)34-31(32)40)36-15-13-33-18-29(36)39/h7-12,16,20,22,27,30,33,37H,5-6,13-15,17-19H2,1-4H3,(H,34,40)/t20-,22+,27+,30-,32+/m1/s1. The number of hydrogen-bond acceptors (Lipinski definition) is 7. The van der Waals surface area contributed by atoms with Crippen molar-refractivity contribution in [3.05, 3.63) is 48.0 Å². The Morgan fingerprint density at radius 1 is 1.16 bits per heavy atom. The number of aliphatic hydroxyl groups excluding tert-OH is 1. The van der Waals surface area contributed by atoms with Crippen LogP contribution in [0.4, 0.5) is 11.4 Å². The molecule has 0 aliphatic carbocycles. The van der Waals surface area contributed by atoms with Gasteiger partial charge in [0.15, 0.2) is 5.60 Å². The van der Waals surface area contributed by atoms with Crippen molar-refractivity contribution < 1.29 is 29.0 Å². The molecule has 11 heteroatoms. The molecule has 0 aromatic heterocycles. The van der Waals surface area contributed by atoms with Gasteiger partial charge in [-0.15, -0.1) is 0 Å². The van der Waals surface area contributed by atoms with Crippen LogP contribution in [-0.2, 0) is 24.7 Å². The third kappa shape index (κ3) is 4.86. The van der Waals surface area contributed by atoms with E-state index in [0.717, 1.165) is 29.8 Å². The summed E-state index contributed by atoms with van der Waals surface area (Å²) in [5.41, 5.74) is 0.764. The number of anilines is 2. The van der Waals surface area contributed by atoms with E-state index in [-0.39, 0.29) is 54.8 Å². The zero-order valence-electron chi connectivity index (χ0n) is 25.4. The Morgan fingerprint density at radius 3 is 2.63 bits per heavy atom. The van der Waals surface area contributed by atoms with Crippen LogP contribution in [0, 0.1) is 5.92 Å². The highest BCUT2D eigenvalue weighted by Gasteiger charge is 2.65. The van der Waals surface area contributed by atoms with Crippen molar-refractivity contribution in [1.82, 2.24) is 10.2 Å². The maximum Gasteiger partial charge on any atom is 0.261 e. The van der Waals surface area contributed by atoms with Crippen LogP contribution in [0.25, 0.3) is 0 Å². The number of amides is 3. The molecule has 230 valence electrons. The van der Waals surface area contributed by atoms with E-state index in [2.05, 4.69) is 42.8 Å². The SMILES string of the molecule is COc1ccc([Si](C)(C)[C@H]2[C@H](CC(=O)N3CCC[C@H]3CO)O[C@@]3(C(=O)Nc4ccc(N5CCNCC5=O)cc43)[C@@H]2C)cc1. The lowest BCUT2D eigenvalue weighted by molar-refractivity contribution is -0.148. The molecule has 43 heavy (non-hydrogen) atoms. The molecular weight excluding hydrogens is 564 g/mol. The predicted octanol–water partition coefficient (Wildman–Crippen LogP) is 2.17. The molecule has 2 aromatic carbocycles. The van der Waals surface area contributed by atoms with Gasteiger partial charge >= 0.3 is 0 Å². The first-order valence-electron chi connectivity index (χ1n) is 15.3. The number of fused-ring (bicyclic) bond motifs is 2. The summed E-state index contributed by atoms with van der Waals surface area (Å²) < 4.78 is 12.4. The Kier molecular flexibility index (Phi) is 7.87. The lowest BCUT2D eigenvalue weighted by atomic mass is 9.82. The molecule has 1 spiro atoms. The summed E-state index contributed by atoms with van der Waals surface area (Å²) in [7, 11) is -0.750. The Morgan fingerprint density at radius 2 is 1.93 bits per heavy atom. The number of methoxy groups -OCH3 is 1. The van der Waals surface area contributed by atoms with Gasteiger partial charge in [0, 0.05) is 42.5 Å². The van der Waals surface area contributed by atoms with Gasteiger partial charge < -0.3 is 35.0 Å². The number of carbonyl (C=O) groups is 3. The molecule has 0 saturated carbocycles. The van der Waals surface area contributed by atoms with Gasteiger partial charge in [0.25, 0.3) is 5.91 Å². The molecule has 3 fully saturated rings. The summed E-state index contributed by atoms with van der Waals surface area (Å²) in [4.78, 5) is 44.1. The van der Waals surface area contributed by atoms with Gasteiger partial charge in [-0.1, -0.05) is 37.3 Å². The van der Waals surface area contributed by atoms with Crippen LogP contribution >= 0.6 is 0 Å². The molecule has 10 nitrogen and oxygen atoms in total. The van der Waals surface area contributed by atoms with Crippen LogP contribution in [0.5, 0.6) is 5.75 Å². The van der Waals surface area contributed by atoms with Crippen LogP contribution in [0.1, 0.15) is 31.7 Å². The monoisotopic (exact) mass is 606 g/mol. The first-order chi connectivity index (χ1) is 20.6. The average Bonchev–Trinajstić information content (AvgIpc) is 3.68. The smallest absolute Gasteiger partial charge is 0.261 e. The lowest BCUT2D eigenvalue weighted by Gasteiger charge is -2.37. The Labute approximate surface area is 253 Å². The average molecular weight is 607 g/mol. The first-order valence-corrected chi connectivity index (χ1v) is 18.4. The minimum absolute atomic E-state index is 0.0173. The van der Waals surface area contributed by atoms with Crippen molar-refractivity contribution >= 4 is 42.4 Å². The number of nitrogens with one attached hydrogen (secondary N) is 2. The van der Waals surface area contributed by atoms with E-state index in [1.54, 1.807) is 16.9 Å². The summed E-state index contributed by atoms with van der Waals surface area (Å²) in [6.07, 6.45) is 1.28. The van der Waals surface area contributed by atoms with Crippen molar-refractivity contribution in [3.8, 4) is 5.75 Å². The zero-order chi connectivity index (χ0) is 30.5. The van der Waals surface area contributed by atoms with Crippen molar-refractivity contribution in [2.75, 3.05) is 50.1 Å². The number of piperazine rings is 1. The molecule has 3 amide bonds. The van der Waals surface area contributed by atoms with Crippen LogP contribution in [0.2, 0.25) is 18.6 Å². The molecule has 2 aromatic rings. The number of hydrogen-bond donors (Lipinski definition) is 3. The van der Waals surface area contributed by atoms with Crippen molar-refractivity contribution in [2.24, 2.45) is 5.92 Å². The molecule has 4 aliphatic rings. The first kappa shape index (κ1) is 29.8. The van der Waals surface area contributed by atoms with Gasteiger partial charge in [-0.2, -0.15) is 0 Å². The number of benzene rings is 2. The highest BCUT2D eigenvalue weighted by molar-refractivity contribution is 6.91.